The Morgan fingerprint density at radius 2 is 2.18 bits per heavy atom. The van der Waals surface area contributed by atoms with E-state index in [2.05, 4.69) is 5.18 Å². The average molecular weight is 149 g/mol. The highest BCUT2D eigenvalue weighted by Crippen LogP contribution is 2.16. The molecule has 2 nitrogen and oxygen atoms in total. The lowest BCUT2D eigenvalue weighted by molar-refractivity contribution is 0.810. The van der Waals surface area contributed by atoms with Crippen LogP contribution in [0.4, 0.5) is 0 Å². The van der Waals surface area contributed by atoms with Crippen molar-refractivity contribution in [2.45, 2.75) is 19.9 Å². The molecule has 2 heteroatoms. The van der Waals surface area contributed by atoms with Crippen LogP contribution in [0.25, 0.3) is 0 Å². The van der Waals surface area contributed by atoms with Gasteiger partial charge in [0.1, 0.15) is 6.04 Å². The number of hydrogen-bond acceptors (Lipinski definition) is 2. The molecule has 0 aliphatic rings. The second-order valence-corrected chi connectivity index (χ2v) is 2.70. The summed E-state index contributed by atoms with van der Waals surface area (Å²) in [7, 11) is 0. The maximum Gasteiger partial charge on any atom is 0.114 e. The van der Waals surface area contributed by atoms with Crippen molar-refractivity contribution in [3.63, 3.8) is 0 Å². The number of benzene rings is 1. The zero-order valence-corrected chi connectivity index (χ0v) is 6.74. The normalized spacial score (nSPS) is 12.5. The Morgan fingerprint density at radius 1 is 1.45 bits per heavy atom. The maximum absolute atomic E-state index is 10.2. The van der Waals surface area contributed by atoms with Gasteiger partial charge in [0.15, 0.2) is 0 Å². The van der Waals surface area contributed by atoms with Crippen molar-refractivity contribution in [2.75, 3.05) is 0 Å². The molecule has 1 atom stereocenters. The second kappa shape index (κ2) is 3.28. The minimum absolute atomic E-state index is 0.227. The van der Waals surface area contributed by atoms with Gasteiger partial charge in [-0.15, -0.1) is 0 Å². The fourth-order valence-electron chi connectivity index (χ4n) is 0.991. The monoisotopic (exact) mass is 149 g/mol. The number of nitroso groups, excluding NO2 is 1. The van der Waals surface area contributed by atoms with Gasteiger partial charge in [-0.1, -0.05) is 35.0 Å². The summed E-state index contributed by atoms with van der Waals surface area (Å²) in [6, 6.07) is 7.60. The van der Waals surface area contributed by atoms with E-state index in [1.165, 1.54) is 0 Å². The van der Waals surface area contributed by atoms with Gasteiger partial charge < -0.3 is 0 Å². The van der Waals surface area contributed by atoms with Crippen LogP contribution in [-0.2, 0) is 0 Å². The quantitative estimate of drug-likeness (QED) is 0.594. The topological polar surface area (TPSA) is 29.4 Å². The van der Waals surface area contributed by atoms with Gasteiger partial charge in [-0.3, -0.25) is 0 Å². The molecule has 0 N–H and O–H groups in total. The highest BCUT2D eigenvalue weighted by atomic mass is 16.3. The lowest BCUT2D eigenvalue weighted by atomic mass is 10.1. The third kappa shape index (κ3) is 1.87. The molecule has 0 saturated carbocycles. The van der Waals surface area contributed by atoms with Crippen LogP contribution < -0.4 is 0 Å². The number of nitrogens with zero attached hydrogens (tertiary/aromatic N) is 1. The molecule has 1 aromatic carbocycles. The van der Waals surface area contributed by atoms with Gasteiger partial charge in [-0.2, -0.15) is 4.91 Å². The smallest absolute Gasteiger partial charge is 0.114 e. The first kappa shape index (κ1) is 7.92. The number of rotatable bonds is 2. The number of aryl methyl sites for hydroxylation is 1. The van der Waals surface area contributed by atoms with E-state index in [0.29, 0.717) is 0 Å². The van der Waals surface area contributed by atoms with E-state index in [1.807, 2.05) is 31.2 Å². The summed E-state index contributed by atoms with van der Waals surface area (Å²) in [5, 5.41) is 2.95. The Labute approximate surface area is 66.2 Å². The fourth-order valence-corrected chi connectivity index (χ4v) is 0.991. The summed E-state index contributed by atoms with van der Waals surface area (Å²) in [6.45, 7) is 3.79. The molecule has 11 heavy (non-hydrogen) atoms. The molecule has 0 fully saturated rings. The maximum atomic E-state index is 10.2. The lowest BCUT2D eigenvalue weighted by Crippen LogP contribution is -1.87. The minimum Gasteiger partial charge on any atom is -0.150 e. The van der Waals surface area contributed by atoms with Crippen LogP contribution in [0.5, 0.6) is 0 Å². The van der Waals surface area contributed by atoms with Crippen molar-refractivity contribution in [3.05, 3.63) is 40.3 Å². The third-order valence-corrected chi connectivity index (χ3v) is 1.68. The van der Waals surface area contributed by atoms with Crippen LogP contribution >= 0.6 is 0 Å². The largest absolute Gasteiger partial charge is 0.150 e. The van der Waals surface area contributed by atoms with Crippen LogP contribution in [0.1, 0.15) is 24.1 Å². The van der Waals surface area contributed by atoms with Crippen molar-refractivity contribution >= 4 is 0 Å². The Morgan fingerprint density at radius 3 is 2.73 bits per heavy atom. The molecule has 0 aliphatic carbocycles. The highest BCUT2D eigenvalue weighted by Gasteiger charge is 2.02. The van der Waals surface area contributed by atoms with E-state index >= 15 is 0 Å². The fraction of sp³-hybridized carbons (Fsp3) is 0.333. The highest BCUT2D eigenvalue weighted by molar-refractivity contribution is 5.24. The van der Waals surface area contributed by atoms with E-state index in [4.69, 9.17) is 0 Å². The van der Waals surface area contributed by atoms with Gasteiger partial charge in [0.2, 0.25) is 0 Å². The standard InChI is InChI=1S/C9H11NO/c1-7-4-3-5-9(6-7)8(2)10-11/h3-6,8H,1-2H3. The predicted molar refractivity (Wildman–Crippen MR) is 45.4 cm³/mol. The summed E-state index contributed by atoms with van der Waals surface area (Å²) >= 11 is 0. The summed E-state index contributed by atoms with van der Waals surface area (Å²) in [5.41, 5.74) is 2.15. The SMILES string of the molecule is Cc1cccc(C(C)N=O)c1. The molecule has 0 saturated heterocycles. The van der Waals surface area contributed by atoms with Crippen LogP contribution in [0.2, 0.25) is 0 Å². The molecule has 0 spiro atoms. The molecule has 0 amide bonds. The molecule has 0 heterocycles. The van der Waals surface area contributed by atoms with E-state index in [1.54, 1.807) is 6.92 Å². The third-order valence-electron chi connectivity index (χ3n) is 1.68. The van der Waals surface area contributed by atoms with Gasteiger partial charge in [0.25, 0.3) is 0 Å². The van der Waals surface area contributed by atoms with Crippen molar-refractivity contribution in [1.29, 1.82) is 0 Å². The first-order valence-electron chi connectivity index (χ1n) is 3.63. The van der Waals surface area contributed by atoms with Crippen LogP contribution in [0, 0.1) is 11.8 Å². The molecule has 0 aliphatic heterocycles. The van der Waals surface area contributed by atoms with Gasteiger partial charge >= 0.3 is 0 Å². The van der Waals surface area contributed by atoms with Crippen LogP contribution in [0.15, 0.2) is 29.4 Å². The van der Waals surface area contributed by atoms with Crippen molar-refractivity contribution in [1.82, 2.24) is 0 Å². The zero-order chi connectivity index (χ0) is 8.27. The predicted octanol–water partition coefficient (Wildman–Crippen LogP) is 2.82. The first-order valence-corrected chi connectivity index (χ1v) is 3.63. The number of hydrogen-bond donors (Lipinski definition) is 0. The van der Waals surface area contributed by atoms with Gasteiger partial charge in [-0.25, -0.2) is 0 Å². The molecule has 1 aromatic rings. The summed E-state index contributed by atoms with van der Waals surface area (Å²) in [5.74, 6) is 0. The Bertz CT molecular complexity index is 257. The summed E-state index contributed by atoms with van der Waals surface area (Å²) in [4.78, 5) is 10.2. The first-order chi connectivity index (χ1) is 5.24. The van der Waals surface area contributed by atoms with Gasteiger partial charge in [-0.05, 0) is 19.4 Å². The van der Waals surface area contributed by atoms with Gasteiger partial charge in [0.05, 0.1) is 0 Å². The van der Waals surface area contributed by atoms with E-state index in [0.717, 1.165) is 11.1 Å². The van der Waals surface area contributed by atoms with E-state index in [-0.39, 0.29) is 6.04 Å². The molecule has 58 valence electrons. The van der Waals surface area contributed by atoms with E-state index in [9.17, 15) is 4.91 Å². The van der Waals surface area contributed by atoms with Crippen LogP contribution in [0.3, 0.4) is 0 Å². The Balaban J connectivity index is 2.95. The van der Waals surface area contributed by atoms with E-state index < -0.39 is 0 Å². The van der Waals surface area contributed by atoms with Crippen molar-refractivity contribution < 1.29 is 0 Å². The molecular formula is C9H11NO. The molecular weight excluding hydrogens is 138 g/mol. The zero-order valence-electron chi connectivity index (χ0n) is 6.74. The Kier molecular flexibility index (Phi) is 2.36. The molecule has 1 unspecified atom stereocenters. The average Bonchev–Trinajstić information content (AvgIpc) is 2.03. The van der Waals surface area contributed by atoms with Crippen LogP contribution in [-0.4, -0.2) is 0 Å². The second-order valence-electron chi connectivity index (χ2n) is 2.70. The molecule has 0 radical (unpaired) electrons. The summed E-state index contributed by atoms with van der Waals surface area (Å²) in [6.07, 6.45) is 0. The molecule has 0 aromatic heterocycles. The Hall–Kier alpha value is -1.18. The van der Waals surface area contributed by atoms with Crippen molar-refractivity contribution in [2.24, 2.45) is 5.18 Å². The summed E-state index contributed by atoms with van der Waals surface area (Å²) < 4.78 is 0. The van der Waals surface area contributed by atoms with Crippen molar-refractivity contribution in [3.8, 4) is 0 Å². The lowest BCUT2D eigenvalue weighted by Gasteiger charge is -2.02. The van der Waals surface area contributed by atoms with Gasteiger partial charge in [0, 0.05) is 0 Å². The molecule has 0 bridgehead atoms. The minimum atomic E-state index is -0.227. The molecule has 1 rings (SSSR count).